The summed E-state index contributed by atoms with van der Waals surface area (Å²) in [7, 11) is 0. The van der Waals surface area contributed by atoms with Gasteiger partial charge in [0.05, 0.1) is 5.54 Å². The van der Waals surface area contributed by atoms with E-state index in [0.717, 1.165) is 0 Å². The van der Waals surface area contributed by atoms with E-state index in [1.807, 2.05) is 13.8 Å². The van der Waals surface area contributed by atoms with Gasteiger partial charge in [0.25, 0.3) is 5.89 Å². The minimum absolute atomic E-state index is 0.300. The molecule has 1 aromatic carbocycles. The Labute approximate surface area is 98.6 Å². The summed E-state index contributed by atoms with van der Waals surface area (Å²) >= 11 is 0. The molecule has 4 nitrogen and oxygen atoms in total. The van der Waals surface area contributed by atoms with Crippen molar-refractivity contribution >= 4 is 0 Å². The molecule has 1 aromatic heterocycles. The molecule has 0 bridgehead atoms. The summed E-state index contributed by atoms with van der Waals surface area (Å²) in [5.41, 5.74) is 6.08. The zero-order chi connectivity index (χ0) is 12.5. The van der Waals surface area contributed by atoms with Crippen molar-refractivity contribution in [3.8, 4) is 11.5 Å². The molecule has 17 heavy (non-hydrogen) atoms. The van der Waals surface area contributed by atoms with Crippen molar-refractivity contribution in [2.24, 2.45) is 5.73 Å². The second-order valence-electron chi connectivity index (χ2n) is 4.20. The number of hydrogen-bond donors (Lipinski definition) is 1. The summed E-state index contributed by atoms with van der Waals surface area (Å²) < 4.78 is 17.9. The zero-order valence-corrected chi connectivity index (χ0v) is 9.77. The summed E-state index contributed by atoms with van der Waals surface area (Å²) in [6.45, 7) is 3.79. The highest BCUT2D eigenvalue weighted by Gasteiger charge is 2.25. The number of nitrogens with zero attached hydrogens (tertiary/aromatic N) is 2. The van der Waals surface area contributed by atoms with Gasteiger partial charge in [-0.1, -0.05) is 12.1 Å². The number of rotatable bonds is 3. The lowest BCUT2D eigenvalue weighted by Crippen LogP contribution is -2.33. The van der Waals surface area contributed by atoms with Crippen molar-refractivity contribution in [1.29, 1.82) is 0 Å². The van der Waals surface area contributed by atoms with Crippen molar-refractivity contribution in [2.45, 2.75) is 25.8 Å². The third-order valence-electron chi connectivity index (χ3n) is 2.76. The summed E-state index contributed by atoms with van der Waals surface area (Å²) in [6.07, 6.45) is 0.704. The quantitative estimate of drug-likeness (QED) is 0.887. The lowest BCUT2D eigenvalue weighted by molar-refractivity contribution is 0.379. The van der Waals surface area contributed by atoms with Gasteiger partial charge in [-0.05, 0) is 37.6 Å². The van der Waals surface area contributed by atoms with E-state index >= 15 is 0 Å². The third kappa shape index (κ3) is 2.34. The molecule has 2 N–H and O–H groups in total. The first-order valence-corrected chi connectivity index (χ1v) is 5.42. The number of nitrogens with two attached hydrogens (primary N) is 1. The van der Waals surface area contributed by atoms with E-state index in [1.165, 1.54) is 12.1 Å². The minimum Gasteiger partial charge on any atom is -0.334 e. The van der Waals surface area contributed by atoms with E-state index in [0.29, 0.717) is 23.7 Å². The minimum atomic E-state index is -0.609. The first-order chi connectivity index (χ1) is 8.03. The fraction of sp³-hybridized carbons (Fsp3) is 0.333. The van der Waals surface area contributed by atoms with Gasteiger partial charge in [-0.25, -0.2) is 4.39 Å². The predicted octanol–water partition coefficient (Wildman–Crippen LogP) is 2.46. The lowest BCUT2D eigenvalue weighted by Gasteiger charge is -2.16. The van der Waals surface area contributed by atoms with E-state index in [9.17, 15) is 4.39 Å². The molecule has 0 saturated heterocycles. The highest BCUT2D eigenvalue weighted by Crippen LogP contribution is 2.23. The monoisotopic (exact) mass is 235 g/mol. The van der Waals surface area contributed by atoms with Gasteiger partial charge in [0, 0.05) is 5.56 Å². The van der Waals surface area contributed by atoms with Crippen LogP contribution in [-0.4, -0.2) is 10.1 Å². The molecule has 1 heterocycles. The second kappa shape index (κ2) is 4.25. The molecule has 0 spiro atoms. The highest BCUT2D eigenvalue weighted by molar-refractivity contribution is 5.52. The molecule has 0 aliphatic carbocycles. The molecule has 5 heteroatoms. The van der Waals surface area contributed by atoms with Crippen molar-refractivity contribution in [3.05, 3.63) is 35.9 Å². The standard InChI is InChI=1S/C12H14FN3O/c1-3-12(2,14)11-15-10(17-16-11)8-4-6-9(13)7-5-8/h4-7H,3,14H2,1-2H3. The van der Waals surface area contributed by atoms with Crippen LogP contribution >= 0.6 is 0 Å². The molecule has 1 atom stereocenters. The Balaban J connectivity index is 2.33. The zero-order valence-electron chi connectivity index (χ0n) is 9.77. The van der Waals surface area contributed by atoms with E-state index in [-0.39, 0.29) is 5.82 Å². The van der Waals surface area contributed by atoms with Crippen LogP contribution in [0.2, 0.25) is 0 Å². The van der Waals surface area contributed by atoms with Gasteiger partial charge in [0.1, 0.15) is 5.82 Å². The summed E-state index contributed by atoms with van der Waals surface area (Å²) in [5.74, 6) is 0.509. The van der Waals surface area contributed by atoms with Crippen LogP contribution in [0.25, 0.3) is 11.5 Å². The van der Waals surface area contributed by atoms with Crippen molar-refractivity contribution in [2.75, 3.05) is 0 Å². The Morgan fingerprint density at radius 1 is 1.35 bits per heavy atom. The topological polar surface area (TPSA) is 64.9 Å². The van der Waals surface area contributed by atoms with Gasteiger partial charge in [0.2, 0.25) is 0 Å². The second-order valence-corrected chi connectivity index (χ2v) is 4.20. The Bertz CT molecular complexity index is 505. The van der Waals surface area contributed by atoms with Crippen LogP contribution in [0.15, 0.2) is 28.8 Å². The fourth-order valence-corrected chi connectivity index (χ4v) is 1.32. The number of halogens is 1. The molecule has 0 amide bonds. The molecule has 0 aliphatic heterocycles. The van der Waals surface area contributed by atoms with Crippen LogP contribution in [0.1, 0.15) is 26.1 Å². The summed E-state index contributed by atoms with van der Waals surface area (Å²) in [6, 6.07) is 5.88. The molecule has 2 rings (SSSR count). The molecule has 0 fully saturated rings. The van der Waals surface area contributed by atoms with Crippen molar-refractivity contribution in [1.82, 2.24) is 10.1 Å². The van der Waals surface area contributed by atoms with Crippen molar-refractivity contribution < 1.29 is 8.91 Å². The maximum absolute atomic E-state index is 12.8. The van der Waals surface area contributed by atoms with Gasteiger partial charge in [-0.2, -0.15) is 4.98 Å². The first-order valence-electron chi connectivity index (χ1n) is 5.42. The largest absolute Gasteiger partial charge is 0.334 e. The van der Waals surface area contributed by atoms with E-state index in [2.05, 4.69) is 10.1 Å². The summed E-state index contributed by atoms with van der Waals surface area (Å²) in [5, 5.41) is 3.85. The average molecular weight is 235 g/mol. The molecule has 2 aromatic rings. The van der Waals surface area contributed by atoms with Crippen LogP contribution in [0.4, 0.5) is 4.39 Å². The van der Waals surface area contributed by atoms with Crippen LogP contribution in [-0.2, 0) is 5.54 Å². The number of aromatic nitrogens is 2. The molecule has 1 unspecified atom stereocenters. The molecular formula is C12H14FN3O. The SMILES string of the molecule is CCC(C)(N)c1noc(-c2ccc(F)cc2)n1. The smallest absolute Gasteiger partial charge is 0.257 e. The first kappa shape index (κ1) is 11.7. The van der Waals surface area contributed by atoms with Crippen LogP contribution in [0.3, 0.4) is 0 Å². The molecule has 0 saturated carbocycles. The van der Waals surface area contributed by atoms with E-state index < -0.39 is 5.54 Å². The van der Waals surface area contributed by atoms with E-state index in [4.69, 9.17) is 10.3 Å². The number of benzene rings is 1. The Morgan fingerprint density at radius 3 is 2.59 bits per heavy atom. The average Bonchev–Trinajstić information content (AvgIpc) is 2.80. The van der Waals surface area contributed by atoms with Gasteiger partial charge in [-0.3, -0.25) is 0 Å². The van der Waals surface area contributed by atoms with Gasteiger partial charge >= 0.3 is 0 Å². The third-order valence-corrected chi connectivity index (χ3v) is 2.76. The maximum atomic E-state index is 12.8. The summed E-state index contributed by atoms with van der Waals surface area (Å²) in [4.78, 5) is 4.23. The van der Waals surface area contributed by atoms with Gasteiger partial charge in [0.15, 0.2) is 5.82 Å². The molecule has 0 aliphatic rings. The maximum Gasteiger partial charge on any atom is 0.257 e. The Kier molecular flexibility index (Phi) is 2.93. The normalized spacial score (nSPS) is 14.6. The Hall–Kier alpha value is -1.75. The highest BCUT2D eigenvalue weighted by atomic mass is 19.1. The van der Waals surface area contributed by atoms with E-state index in [1.54, 1.807) is 12.1 Å². The van der Waals surface area contributed by atoms with Crippen LogP contribution < -0.4 is 5.73 Å². The van der Waals surface area contributed by atoms with Gasteiger partial charge in [-0.15, -0.1) is 0 Å². The Morgan fingerprint density at radius 2 is 2.00 bits per heavy atom. The molecule has 0 radical (unpaired) electrons. The van der Waals surface area contributed by atoms with Gasteiger partial charge < -0.3 is 10.3 Å². The fourth-order valence-electron chi connectivity index (χ4n) is 1.32. The van der Waals surface area contributed by atoms with Crippen molar-refractivity contribution in [3.63, 3.8) is 0 Å². The van der Waals surface area contributed by atoms with Crippen LogP contribution in [0, 0.1) is 5.82 Å². The molecule has 90 valence electrons. The lowest BCUT2D eigenvalue weighted by atomic mass is 10.00. The van der Waals surface area contributed by atoms with Crippen LogP contribution in [0.5, 0.6) is 0 Å². The molecular weight excluding hydrogens is 221 g/mol. The predicted molar refractivity (Wildman–Crippen MR) is 61.5 cm³/mol. The number of hydrogen-bond acceptors (Lipinski definition) is 4.